The Labute approximate surface area is 159 Å². The molecule has 1 N–H and O–H groups in total. The minimum atomic E-state index is -4.56. The molecule has 0 bridgehead atoms. The van der Waals surface area contributed by atoms with Gasteiger partial charge in [-0.25, -0.2) is 9.59 Å². The van der Waals surface area contributed by atoms with Crippen molar-refractivity contribution < 1.29 is 61.9 Å². The average Bonchev–Trinajstić information content (AvgIpc) is 2.46. The fourth-order valence-corrected chi connectivity index (χ4v) is 1.41. The van der Waals surface area contributed by atoms with Crippen LogP contribution < -0.4 is 18.9 Å². The number of rotatable bonds is 9. The third kappa shape index (κ3) is 10.1. The van der Waals surface area contributed by atoms with Crippen molar-refractivity contribution in [1.29, 1.82) is 0 Å². The second kappa shape index (κ2) is 10.4. The van der Waals surface area contributed by atoms with Crippen LogP contribution in [0.4, 0.5) is 0 Å². The van der Waals surface area contributed by atoms with E-state index >= 15 is 0 Å². The minimum Gasteiger partial charge on any atom is -1.00 e. The largest absolute Gasteiger partial charge is 1.00 e. The Morgan fingerprint density at radius 3 is 1.64 bits per heavy atom. The Balaban J connectivity index is -0.00000264. The molecule has 0 heterocycles. The molecular formula is C14H21LiO9S. The summed E-state index contributed by atoms with van der Waals surface area (Å²) in [6, 6.07) is 0. The molecule has 0 radical (unpaired) electrons. The van der Waals surface area contributed by atoms with Gasteiger partial charge in [0.25, 0.3) is 0 Å². The SMILES string of the molecule is C=C(C)C(=O)OCC(C)(COC(=O)C(=C)C)C(=O)OCS(=O)(=O)O.[H-].[Li+]. The molecule has 0 aliphatic heterocycles. The van der Waals surface area contributed by atoms with Crippen molar-refractivity contribution in [2.75, 3.05) is 19.2 Å². The molecule has 0 aliphatic rings. The average molecular weight is 372 g/mol. The van der Waals surface area contributed by atoms with E-state index in [-0.39, 0.29) is 31.4 Å². The predicted octanol–water partition coefficient (Wildman–Crippen LogP) is -2.26. The van der Waals surface area contributed by atoms with Crippen LogP contribution in [0.5, 0.6) is 0 Å². The van der Waals surface area contributed by atoms with E-state index in [0.717, 1.165) is 0 Å². The molecule has 0 saturated heterocycles. The van der Waals surface area contributed by atoms with Crippen LogP contribution >= 0.6 is 0 Å². The van der Waals surface area contributed by atoms with E-state index in [0.29, 0.717) is 0 Å². The first-order valence-corrected chi connectivity index (χ1v) is 8.17. The van der Waals surface area contributed by atoms with Crippen molar-refractivity contribution in [3.05, 3.63) is 24.3 Å². The number of hydrogen-bond donors (Lipinski definition) is 1. The van der Waals surface area contributed by atoms with Crippen molar-refractivity contribution in [1.82, 2.24) is 0 Å². The zero-order valence-corrected chi connectivity index (χ0v) is 15.5. The van der Waals surface area contributed by atoms with Crippen LogP contribution in [0.25, 0.3) is 0 Å². The predicted molar refractivity (Wildman–Crippen MR) is 83.3 cm³/mol. The number of ether oxygens (including phenoxy) is 3. The van der Waals surface area contributed by atoms with E-state index in [1.54, 1.807) is 0 Å². The fourth-order valence-electron chi connectivity index (χ4n) is 1.16. The molecule has 25 heavy (non-hydrogen) atoms. The summed E-state index contributed by atoms with van der Waals surface area (Å²) in [4.78, 5) is 34.9. The van der Waals surface area contributed by atoms with Crippen LogP contribution in [0, 0.1) is 5.41 Å². The van der Waals surface area contributed by atoms with Gasteiger partial charge in [-0.1, -0.05) is 13.2 Å². The number of esters is 3. The summed E-state index contributed by atoms with van der Waals surface area (Å²) < 4.78 is 44.1. The van der Waals surface area contributed by atoms with Gasteiger partial charge in [-0.15, -0.1) is 0 Å². The molecule has 0 spiro atoms. The standard InChI is InChI=1S/C14H20O9S.Li.H/c1-9(2)11(15)21-6-14(5,7-22-12(16)10(3)4)13(17)23-8-24(18,19)20;;/h1,3,6-8H2,2,4-5H3,(H,18,19,20);;/q;+1;-1. The monoisotopic (exact) mass is 372 g/mol. The number of carbonyl (C=O) groups is 3. The van der Waals surface area contributed by atoms with Crippen LogP contribution in [-0.2, 0) is 38.7 Å². The Hall–Kier alpha value is -1.60. The Bertz CT molecular complexity index is 627. The van der Waals surface area contributed by atoms with Gasteiger partial charge in [-0.05, 0) is 20.8 Å². The summed E-state index contributed by atoms with van der Waals surface area (Å²) in [5, 5.41) is 0. The molecule has 0 saturated carbocycles. The third-order valence-corrected chi connectivity index (χ3v) is 2.99. The van der Waals surface area contributed by atoms with Crippen molar-refractivity contribution in [3.8, 4) is 0 Å². The van der Waals surface area contributed by atoms with E-state index in [9.17, 15) is 22.8 Å². The summed E-state index contributed by atoms with van der Waals surface area (Å²) in [6.45, 7) is 9.61. The third-order valence-electron chi connectivity index (χ3n) is 2.57. The molecule has 0 rings (SSSR count). The second-order valence-corrected chi connectivity index (χ2v) is 6.80. The first-order chi connectivity index (χ1) is 10.8. The molecule has 0 atom stereocenters. The molecule has 9 nitrogen and oxygen atoms in total. The molecule has 0 aromatic carbocycles. The van der Waals surface area contributed by atoms with Crippen molar-refractivity contribution in [2.45, 2.75) is 20.8 Å². The normalized spacial score (nSPS) is 10.9. The van der Waals surface area contributed by atoms with Crippen LogP contribution in [-0.4, -0.2) is 50.0 Å². The van der Waals surface area contributed by atoms with Crippen LogP contribution in [0.2, 0.25) is 0 Å². The molecule has 0 aromatic rings. The molecule has 0 fully saturated rings. The molecule has 0 aliphatic carbocycles. The summed E-state index contributed by atoms with van der Waals surface area (Å²) in [5.74, 6) is -4.03. The molecule has 138 valence electrons. The topological polar surface area (TPSA) is 133 Å². The first kappa shape index (κ1) is 25.6. The zero-order chi connectivity index (χ0) is 19.1. The second-order valence-electron chi connectivity index (χ2n) is 5.41. The summed E-state index contributed by atoms with van der Waals surface area (Å²) in [7, 11) is -4.56. The molecular weight excluding hydrogens is 351 g/mol. The van der Waals surface area contributed by atoms with Crippen LogP contribution in [0.3, 0.4) is 0 Å². The van der Waals surface area contributed by atoms with Gasteiger partial charge in [0, 0.05) is 11.1 Å². The van der Waals surface area contributed by atoms with Gasteiger partial charge in [0.05, 0.1) is 0 Å². The van der Waals surface area contributed by atoms with Gasteiger partial charge in [0.1, 0.15) is 18.6 Å². The first-order valence-electron chi connectivity index (χ1n) is 6.56. The molecule has 0 unspecified atom stereocenters. The van der Waals surface area contributed by atoms with E-state index in [1.165, 1.54) is 20.8 Å². The zero-order valence-electron chi connectivity index (χ0n) is 15.7. The Morgan fingerprint density at radius 2 is 1.36 bits per heavy atom. The Morgan fingerprint density at radius 1 is 1.00 bits per heavy atom. The maximum Gasteiger partial charge on any atom is 1.00 e. The van der Waals surface area contributed by atoms with Crippen molar-refractivity contribution >= 4 is 28.0 Å². The minimum absolute atomic E-state index is 0. The maximum atomic E-state index is 12.1. The van der Waals surface area contributed by atoms with E-state index in [1.807, 2.05) is 0 Å². The summed E-state index contributed by atoms with van der Waals surface area (Å²) in [6.07, 6.45) is 0. The van der Waals surface area contributed by atoms with E-state index in [4.69, 9.17) is 14.0 Å². The van der Waals surface area contributed by atoms with Gasteiger partial charge in [0.2, 0.25) is 5.94 Å². The van der Waals surface area contributed by atoms with E-state index in [2.05, 4.69) is 17.9 Å². The molecule has 0 amide bonds. The van der Waals surface area contributed by atoms with Crippen LogP contribution in [0.15, 0.2) is 24.3 Å². The summed E-state index contributed by atoms with van der Waals surface area (Å²) in [5.41, 5.74) is -1.55. The molecule has 11 heteroatoms. The maximum absolute atomic E-state index is 12.1. The smallest absolute Gasteiger partial charge is 1.00 e. The van der Waals surface area contributed by atoms with Crippen molar-refractivity contribution in [3.63, 3.8) is 0 Å². The fraction of sp³-hybridized carbons (Fsp3) is 0.500. The number of hydrogen-bond acceptors (Lipinski definition) is 8. The number of carbonyl (C=O) groups excluding carboxylic acids is 3. The Kier molecular flexibility index (Phi) is 10.7. The van der Waals surface area contributed by atoms with Gasteiger partial charge in [-0.3, -0.25) is 9.35 Å². The quantitative estimate of drug-likeness (QED) is 0.156. The van der Waals surface area contributed by atoms with Gasteiger partial charge in [-0.2, -0.15) is 8.42 Å². The van der Waals surface area contributed by atoms with Gasteiger partial charge in [0.15, 0.2) is 0 Å². The van der Waals surface area contributed by atoms with Crippen molar-refractivity contribution in [2.24, 2.45) is 5.41 Å². The molecule has 0 aromatic heterocycles. The van der Waals surface area contributed by atoms with Crippen LogP contribution in [0.1, 0.15) is 22.2 Å². The van der Waals surface area contributed by atoms with Gasteiger partial charge < -0.3 is 15.6 Å². The van der Waals surface area contributed by atoms with Gasteiger partial charge >= 0.3 is 46.9 Å². The van der Waals surface area contributed by atoms with E-state index < -0.39 is 52.6 Å². The summed E-state index contributed by atoms with van der Waals surface area (Å²) >= 11 is 0.